The van der Waals surface area contributed by atoms with Crippen LogP contribution in [-0.4, -0.2) is 38.8 Å². The molecular formula is C19H25N3O2. The second-order valence-corrected chi connectivity index (χ2v) is 6.47. The minimum Gasteiger partial charge on any atom is -0.392 e. The molecule has 0 bridgehead atoms. The molecule has 5 heteroatoms. The second kappa shape index (κ2) is 7.62. The van der Waals surface area contributed by atoms with Crippen LogP contribution in [0.2, 0.25) is 0 Å². The summed E-state index contributed by atoms with van der Waals surface area (Å²) in [7, 11) is 0. The average Bonchev–Trinajstić information content (AvgIpc) is 3.11. The highest BCUT2D eigenvalue weighted by atomic mass is 16.3. The van der Waals surface area contributed by atoms with Gasteiger partial charge in [0.2, 0.25) is 0 Å². The minimum atomic E-state index is 0.0490. The van der Waals surface area contributed by atoms with Crippen molar-refractivity contribution in [3.8, 4) is 0 Å². The lowest BCUT2D eigenvalue weighted by Gasteiger charge is -2.31. The molecule has 1 aliphatic heterocycles. The quantitative estimate of drug-likeness (QED) is 0.918. The molecule has 1 aliphatic rings. The Morgan fingerprint density at radius 2 is 1.83 bits per heavy atom. The van der Waals surface area contributed by atoms with Crippen molar-refractivity contribution in [2.24, 2.45) is 5.92 Å². The van der Waals surface area contributed by atoms with Crippen molar-refractivity contribution < 1.29 is 9.90 Å². The van der Waals surface area contributed by atoms with Crippen LogP contribution in [0.25, 0.3) is 0 Å². The van der Waals surface area contributed by atoms with E-state index in [1.165, 1.54) is 5.56 Å². The maximum atomic E-state index is 12.5. The Labute approximate surface area is 142 Å². The molecule has 1 aromatic carbocycles. The van der Waals surface area contributed by atoms with E-state index in [0.29, 0.717) is 11.6 Å². The molecule has 0 unspecified atom stereocenters. The molecule has 1 N–H and O–H groups in total. The van der Waals surface area contributed by atoms with Crippen molar-refractivity contribution in [2.45, 2.75) is 39.3 Å². The third-order valence-electron chi connectivity index (χ3n) is 4.82. The summed E-state index contributed by atoms with van der Waals surface area (Å²) in [5, 5.41) is 13.4. The summed E-state index contributed by atoms with van der Waals surface area (Å²) >= 11 is 0. The summed E-state index contributed by atoms with van der Waals surface area (Å²) in [5.41, 5.74) is 2.80. The fraction of sp³-hybridized carbons (Fsp3) is 0.474. The van der Waals surface area contributed by atoms with Gasteiger partial charge in [-0.15, -0.1) is 0 Å². The van der Waals surface area contributed by atoms with Crippen LogP contribution in [0.15, 0.2) is 36.5 Å². The summed E-state index contributed by atoms with van der Waals surface area (Å²) in [6.45, 7) is 4.49. The number of amides is 1. The number of aryl methyl sites for hydroxylation is 1. The Kier molecular flexibility index (Phi) is 5.30. The molecule has 0 radical (unpaired) electrons. The molecule has 0 aliphatic carbocycles. The van der Waals surface area contributed by atoms with E-state index in [2.05, 4.69) is 17.2 Å². The Morgan fingerprint density at radius 1 is 1.17 bits per heavy atom. The topological polar surface area (TPSA) is 58.4 Å². The zero-order valence-corrected chi connectivity index (χ0v) is 14.2. The van der Waals surface area contributed by atoms with Gasteiger partial charge in [-0.3, -0.25) is 9.48 Å². The predicted molar refractivity (Wildman–Crippen MR) is 92.6 cm³/mol. The maximum absolute atomic E-state index is 12.5. The van der Waals surface area contributed by atoms with E-state index < -0.39 is 0 Å². The first-order chi connectivity index (χ1) is 11.7. The number of piperidine rings is 1. The summed E-state index contributed by atoms with van der Waals surface area (Å²) in [6, 6.07) is 9.97. The van der Waals surface area contributed by atoms with Gasteiger partial charge in [0.1, 0.15) is 5.69 Å². The van der Waals surface area contributed by atoms with E-state index in [9.17, 15) is 4.79 Å². The molecular weight excluding hydrogens is 302 g/mol. The van der Waals surface area contributed by atoms with Crippen LogP contribution in [0.1, 0.15) is 41.4 Å². The van der Waals surface area contributed by atoms with Crippen molar-refractivity contribution in [1.82, 2.24) is 14.7 Å². The molecule has 3 rings (SSSR count). The maximum Gasteiger partial charge on any atom is 0.274 e. The van der Waals surface area contributed by atoms with Gasteiger partial charge in [0.05, 0.1) is 6.61 Å². The zero-order chi connectivity index (χ0) is 16.9. The normalized spacial score (nSPS) is 15.7. The zero-order valence-electron chi connectivity index (χ0n) is 14.2. The highest BCUT2D eigenvalue weighted by Crippen LogP contribution is 2.23. The molecule has 1 fully saturated rings. The minimum absolute atomic E-state index is 0.0490. The molecule has 0 saturated carbocycles. The highest BCUT2D eigenvalue weighted by Gasteiger charge is 2.25. The fourth-order valence-electron chi connectivity index (χ4n) is 3.27. The lowest BCUT2D eigenvalue weighted by Crippen LogP contribution is -2.39. The van der Waals surface area contributed by atoms with E-state index in [-0.39, 0.29) is 12.5 Å². The number of aliphatic hydroxyl groups is 1. The first-order valence-electron chi connectivity index (χ1n) is 8.71. The lowest BCUT2D eigenvalue weighted by molar-refractivity contribution is 0.0683. The smallest absolute Gasteiger partial charge is 0.274 e. The van der Waals surface area contributed by atoms with E-state index in [1.54, 1.807) is 10.7 Å². The van der Waals surface area contributed by atoms with Gasteiger partial charge >= 0.3 is 0 Å². The SMILES string of the molecule is CCn1ccc(C(=O)N2CCC(Cc3ccc(CO)cc3)CC2)n1. The van der Waals surface area contributed by atoms with Crippen molar-refractivity contribution in [3.05, 3.63) is 53.3 Å². The van der Waals surface area contributed by atoms with Crippen LogP contribution in [0.3, 0.4) is 0 Å². The van der Waals surface area contributed by atoms with Gasteiger partial charge in [0, 0.05) is 25.8 Å². The number of benzene rings is 1. The third kappa shape index (κ3) is 3.85. The molecule has 5 nitrogen and oxygen atoms in total. The van der Waals surface area contributed by atoms with Crippen LogP contribution in [0, 0.1) is 5.92 Å². The van der Waals surface area contributed by atoms with Crippen LogP contribution in [0.4, 0.5) is 0 Å². The summed E-state index contributed by atoms with van der Waals surface area (Å²) in [4.78, 5) is 14.4. The number of hydrogen-bond acceptors (Lipinski definition) is 3. The Balaban J connectivity index is 1.52. The summed E-state index contributed by atoms with van der Waals surface area (Å²) < 4.78 is 1.79. The number of likely N-dealkylation sites (tertiary alicyclic amines) is 1. The van der Waals surface area contributed by atoms with Gasteiger partial charge < -0.3 is 10.0 Å². The van der Waals surface area contributed by atoms with Crippen molar-refractivity contribution in [3.63, 3.8) is 0 Å². The van der Waals surface area contributed by atoms with Gasteiger partial charge in [0.15, 0.2) is 0 Å². The van der Waals surface area contributed by atoms with E-state index in [0.717, 1.165) is 44.5 Å². The lowest BCUT2D eigenvalue weighted by atomic mass is 9.90. The Hall–Kier alpha value is -2.14. The van der Waals surface area contributed by atoms with E-state index in [1.807, 2.05) is 30.2 Å². The molecule has 1 amide bonds. The third-order valence-corrected chi connectivity index (χ3v) is 4.82. The second-order valence-electron chi connectivity index (χ2n) is 6.47. The first kappa shape index (κ1) is 16.7. The Morgan fingerprint density at radius 3 is 2.42 bits per heavy atom. The number of hydrogen-bond donors (Lipinski definition) is 1. The fourth-order valence-corrected chi connectivity index (χ4v) is 3.27. The monoisotopic (exact) mass is 327 g/mol. The summed E-state index contributed by atoms with van der Waals surface area (Å²) in [6.07, 6.45) is 4.96. The number of carbonyl (C=O) groups excluding carboxylic acids is 1. The van der Waals surface area contributed by atoms with Gasteiger partial charge in [-0.2, -0.15) is 5.10 Å². The highest BCUT2D eigenvalue weighted by molar-refractivity contribution is 5.92. The van der Waals surface area contributed by atoms with Crippen LogP contribution >= 0.6 is 0 Å². The van der Waals surface area contributed by atoms with Crippen molar-refractivity contribution >= 4 is 5.91 Å². The molecule has 0 spiro atoms. The van der Waals surface area contributed by atoms with Gasteiger partial charge in [-0.05, 0) is 49.3 Å². The molecule has 1 aromatic heterocycles. The average molecular weight is 327 g/mol. The Bertz CT molecular complexity index is 670. The number of carbonyl (C=O) groups is 1. The molecule has 0 atom stereocenters. The molecule has 128 valence electrons. The van der Waals surface area contributed by atoms with Crippen LogP contribution in [0.5, 0.6) is 0 Å². The molecule has 1 saturated heterocycles. The molecule has 2 aromatic rings. The number of nitrogens with zero attached hydrogens (tertiary/aromatic N) is 3. The van der Waals surface area contributed by atoms with Crippen LogP contribution < -0.4 is 0 Å². The molecule has 24 heavy (non-hydrogen) atoms. The summed E-state index contributed by atoms with van der Waals surface area (Å²) in [5.74, 6) is 0.662. The largest absolute Gasteiger partial charge is 0.392 e. The number of rotatable bonds is 5. The number of aromatic nitrogens is 2. The van der Waals surface area contributed by atoms with E-state index >= 15 is 0 Å². The van der Waals surface area contributed by atoms with Crippen LogP contribution in [-0.2, 0) is 19.6 Å². The first-order valence-corrected chi connectivity index (χ1v) is 8.71. The predicted octanol–water partition coefficient (Wildman–Crippen LogP) is 2.49. The van der Waals surface area contributed by atoms with Gasteiger partial charge in [-0.1, -0.05) is 24.3 Å². The van der Waals surface area contributed by atoms with Crippen molar-refractivity contribution in [1.29, 1.82) is 0 Å². The van der Waals surface area contributed by atoms with Gasteiger partial charge in [0.25, 0.3) is 5.91 Å². The number of aliphatic hydroxyl groups excluding tert-OH is 1. The standard InChI is InChI=1S/C19H25N3O2/c1-2-22-12-9-18(20-22)19(24)21-10-7-16(8-11-21)13-15-3-5-17(14-23)6-4-15/h3-6,9,12,16,23H,2,7-8,10-11,13-14H2,1H3. The van der Waals surface area contributed by atoms with Gasteiger partial charge in [-0.25, -0.2) is 0 Å². The van der Waals surface area contributed by atoms with E-state index in [4.69, 9.17) is 5.11 Å². The molecule has 2 heterocycles. The van der Waals surface area contributed by atoms with Crippen molar-refractivity contribution in [2.75, 3.05) is 13.1 Å².